The molecule has 0 radical (unpaired) electrons. The van der Waals surface area contributed by atoms with Crippen LogP contribution < -0.4 is 0 Å². The van der Waals surface area contributed by atoms with Gasteiger partial charge in [-0.15, -0.1) is 0 Å². The van der Waals surface area contributed by atoms with Gasteiger partial charge in [0.05, 0.1) is 13.2 Å². The van der Waals surface area contributed by atoms with Gasteiger partial charge in [-0.3, -0.25) is 0 Å². The Balaban J connectivity index is 2.07. The summed E-state index contributed by atoms with van der Waals surface area (Å²) >= 11 is 0. The number of hydrogen-bond acceptors (Lipinski definition) is 6. The number of carbonyl (C=O) groups excluding carboxylic acids is 2. The molecule has 1 saturated carbocycles. The fraction of sp³-hybridized carbons (Fsp3) is 0.700. The van der Waals surface area contributed by atoms with E-state index in [1.54, 1.807) is 13.8 Å². The first-order chi connectivity index (χ1) is 12.4. The van der Waals surface area contributed by atoms with Crippen LogP contribution in [0.25, 0.3) is 0 Å². The van der Waals surface area contributed by atoms with Crippen LogP contribution in [0.3, 0.4) is 0 Å². The maximum Gasteiger partial charge on any atom is 0.333 e. The van der Waals surface area contributed by atoms with Gasteiger partial charge in [0.1, 0.15) is 13.2 Å². The van der Waals surface area contributed by atoms with E-state index in [-0.39, 0.29) is 25.2 Å². The van der Waals surface area contributed by atoms with Crippen LogP contribution in [-0.2, 0) is 28.5 Å². The summed E-state index contributed by atoms with van der Waals surface area (Å²) in [7, 11) is 0. The molecular weight excluding hydrogens is 336 g/mol. The first-order valence-electron chi connectivity index (χ1n) is 9.21. The summed E-state index contributed by atoms with van der Waals surface area (Å²) < 4.78 is 21.3. The maximum absolute atomic E-state index is 11.2. The standard InChI is InChI=1S/C20H32O6/c1-15(2)19(21)25-10-8-23-13-17-6-5-7-18(12-17)14-24-9-11-26-20(22)16(3)4/h17-18H,1,3,5-14H2,2,4H3. The average Bonchev–Trinajstić information content (AvgIpc) is 2.61. The Morgan fingerprint density at radius 3 is 1.62 bits per heavy atom. The first kappa shape index (κ1) is 22.4. The van der Waals surface area contributed by atoms with Crippen molar-refractivity contribution in [1.82, 2.24) is 0 Å². The third-order valence-electron chi connectivity index (χ3n) is 4.22. The Labute approximate surface area is 156 Å². The Morgan fingerprint density at radius 2 is 1.23 bits per heavy atom. The van der Waals surface area contributed by atoms with Crippen molar-refractivity contribution in [3.05, 3.63) is 24.3 Å². The van der Waals surface area contributed by atoms with E-state index < -0.39 is 0 Å². The molecule has 0 aromatic heterocycles. The number of hydrogen-bond donors (Lipinski definition) is 0. The van der Waals surface area contributed by atoms with Gasteiger partial charge in [-0.1, -0.05) is 19.6 Å². The third-order valence-corrected chi connectivity index (χ3v) is 4.22. The lowest BCUT2D eigenvalue weighted by molar-refractivity contribution is -0.141. The molecule has 0 N–H and O–H groups in total. The molecule has 6 heteroatoms. The minimum absolute atomic E-state index is 0.258. The fourth-order valence-corrected chi connectivity index (χ4v) is 2.84. The molecule has 1 aliphatic rings. The van der Waals surface area contributed by atoms with E-state index in [9.17, 15) is 9.59 Å². The van der Waals surface area contributed by atoms with E-state index in [0.717, 1.165) is 25.7 Å². The largest absolute Gasteiger partial charge is 0.460 e. The van der Waals surface area contributed by atoms with Gasteiger partial charge in [-0.25, -0.2) is 9.59 Å². The minimum atomic E-state index is -0.377. The van der Waals surface area contributed by atoms with Crippen molar-refractivity contribution < 1.29 is 28.5 Å². The molecule has 0 amide bonds. The van der Waals surface area contributed by atoms with Crippen molar-refractivity contribution in [2.75, 3.05) is 39.6 Å². The van der Waals surface area contributed by atoms with E-state index in [0.29, 0.717) is 49.4 Å². The maximum atomic E-state index is 11.2. The Morgan fingerprint density at radius 1 is 0.808 bits per heavy atom. The second kappa shape index (κ2) is 12.7. The molecule has 148 valence electrons. The van der Waals surface area contributed by atoms with Crippen molar-refractivity contribution in [1.29, 1.82) is 0 Å². The van der Waals surface area contributed by atoms with Crippen molar-refractivity contribution in [2.45, 2.75) is 39.5 Å². The molecule has 26 heavy (non-hydrogen) atoms. The van der Waals surface area contributed by atoms with Gasteiger partial charge in [0.2, 0.25) is 0 Å². The van der Waals surface area contributed by atoms with Crippen LogP contribution in [0.1, 0.15) is 39.5 Å². The van der Waals surface area contributed by atoms with Crippen molar-refractivity contribution in [3.8, 4) is 0 Å². The zero-order valence-electron chi connectivity index (χ0n) is 16.1. The normalized spacial score (nSPS) is 19.6. The van der Waals surface area contributed by atoms with Crippen molar-refractivity contribution in [2.24, 2.45) is 11.8 Å². The van der Waals surface area contributed by atoms with Crippen LogP contribution in [-0.4, -0.2) is 51.6 Å². The molecule has 0 spiro atoms. The van der Waals surface area contributed by atoms with Crippen LogP contribution in [0.5, 0.6) is 0 Å². The Bertz CT molecular complexity index is 443. The minimum Gasteiger partial charge on any atom is -0.460 e. The average molecular weight is 368 g/mol. The molecule has 2 unspecified atom stereocenters. The number of esters is 2. The smallest absolute Gasteiger partial charge is 0.333 e. The molecule has 1 aliphatic carbocycles. The molecule has 0 saturated heterocycles. The van der Waals surface area contributed by atoms with Crippen molar-refractivity contribution >= 4 is 11.9 Å². The summed E-state index contributed by atoms with van der Waals surface area (Å²) in [5, 5.41) is 0. The molecule has 0 aromatic rings. The van der Waals surface area contributed by atoms with E-state index >= 15 is 0 Å². The van der Waals surface area contributed by atoms with Gasteiger partial charge in [0.25, 0.3) is 0 Å². The van der Waals surface area contributed by atoms with E-state index in [2.05, 4.69) is 13.2 Å². The van der Waals surface area contributed by atoms with Gasteiger partial charge in [-0.05, 0) is 44.9 Å². The first-order valence-corrected chi connectivity index (χ1v) is 9.21. The van der Waals surface area contributed by atoms with Gasteiger partial charge in [-0.2, -0.15) is 0 Å². The summed E-state index contributed by atoms with van der Waals surface area (Å²) in [5.41, 5.74) is 0.795. The van der Waals surface area contributed by atoms with Gasteiger partial charge in [0, 0.05) is 24.4 Å². The lowest BCUT2D eigenvalue weighted by Crippen LogP contribution is -2.24. The predicted octanol–water partition coefficient (Wildman–Crippen LogP) is 3.06. The lowest BCUT2D eigenvalue weighted by atomic mass is 9.82. The Hall–Kier alpha value is -1.66. The van der Waals surface area contributed by atoms with E-state index in [1.807, 2.05) is 0 Å². The summed E-state index contributed by atoms with van der Waals surface area (Å²) in [4.78, 5) is 22.5. The highest BCUT2D eigenvalue weighted by molar-refractivity contribution is 5.87. The molecule has 0 aromatic carbocycles. The molecule has 6 nitrogen and oxygen atoms in total. The predicted molar refractivity (Wildman–Crippen MR) is 98.6 cm³/mol. The monoisotopic (exact) mass is 368 g/mol. The van der Waals surface area contributed by atoms with Gasteiger partial charge in [0.15, 0.2) is 0 Å². The molecule has 2 atom stereocenters. The van der Waals surface area contributed by atoms with E-state index in [4.69, 9.17) is 18.9 Å². The highest BCUT2D eigenvalue weighted by Crippen LogP contribution is 2.29. The van der Waals surface area contributed by atoms with Crippen molar-refractivity contribution in [3.63, 3.8) is 0 Å². The highest BCUT2D eigenvalue weighted by atomic mass is 16.6. The van der Waals surface area contributed by atoms with E-state index in [1.165, 1.54) is 0 Å². The molecule has 0 bridgehead atoms. The molecule has 0 heterocycles. The van der Waals surface area contributed by atoms with Crippen LogP contribution in [0.2, 0.25) is 0 Å². The summed E-state index contributed by atoms with van der Waals surface area (Å²) in [6.45, 7) is 13.0. The second-order valence-electron chi connectivity index (χ2n) is 6.88. The SMILES string of the molecule is C=C(C)C(=O)OCCOCC1CCCC(COCCOC(=O)C(=C)C)C1. The summed E-state index contributed by atoms with van der Waals surface area (Å²) in [5.74, 6) is 0.265. The molecule has 0 aliphatic heterocycles. The lowest BCUT2D eigenvalue weighted by Gasteiger charge is -2.28. The molecule has 1 fully saturated rings. The quantitative estimate of drug-likeness (QED) is 0.299. The zero-order valence-corrected chi connectivity index (χ0v) is 16.1. The molecule has 1 rings (SSSR count). The second-order valence-corrected chi connectivity index (χ2v) is 6.88. The van der Waals surface area contributed by atoms with Crippen LogP contribution in [0.4, 0.5) is 0 Å². The van der Waals surface area contributed by atoms with Crippen LogP contribution in [0.15, 0.2) is 24.3 Å². The van der Waals surface area contributed by atoms with Gasteiger partial charge < -0.3 is 18.9 Å². The highest BCUT2D eigenvalue weighted by Gasteiger charge is 2.22. The molecular formula is C20H32O6. The van der Waals surface area contributed by atoms with Crippen LogP contribution >= 0.6 is 0 Å². The zero-order chi connectivity index (χ0) is 19.4. The summed E-state index contributed by atoms with van der Waals surface area (Å²) in [6.07, 6.45) is 4.53. The fourth-order valence-electron chi connectivity index (χ4n) is 2.84. The number of carbonyl (C=O) groups is 2. The number of ether oxygens (including phenoxy) is 4. The van der Waals surface area contributed by atoms with Crippen LogP contribution in [0, 0.1) is 11.8 Å². The van der Waals surface area contributed by atoms with Gasteiger partial charge >= 0.3 is 11.9 Å². The summed E-state index contributed by atoms with van der Waals surface area (Å²) in [6, 6.07) is 0. The Kier molecular flexibility index (Phi) is 10.9. The number of rotatable bonds is 12. The topological polar surface area (TPSA) is 71.1 Å². The third kappa shape index (κ3) is 9.73.